The van der Waals surface area contributed by atoms with Crippen LogP contribution in [0.3, 0.4) is 0 Å². The second kappa shape index (κ2) is 6.87. The first kappa shape index (κ1) is 17.5. The van der Waals surface area contributed by atoms with Crippen molar-refractivity contribution in [1.82, 2.24) is 0 Å². The van der Waals surface area contributed by atoms with Crippen LogP contribution >= 0.6 is 0 Å². The summed E-state index contributed by atoms with van der Waals surface area (Å²) < 4.78 is 51.3. The highest BCUT2D eigenvalue weighted by Crippen LogP contribution is 2.44. The molecule has 7 heteroatoms. The van der Waals surface area contributed by atoms with E-state index in [1.807, 2.05) is 0 Å². The zero-order valence-corrected chi connectivity index (χ0v) is 13.5. The number of benzene rings is 3. The molecule has 0 aliphatic rings. The Morgan fingerprint density at radius 2 is 1.15 bits per heavy atom. The van der Waals surface area contributed by atoms with Gasteiger partial charge in [-0.1, -0.05) is 6.07 Å². The molecular weight excluding hydrogens is 345 g/mol. The average molecular weight is 360 g/mol. The number of hydrogen-bond acceptors (Lipinski definition) is 4. The minimum Gasteiger partial charge on any atom is -0.453 e. The van der Waals surface area contributed by atoms with Gasteiger partial charge in [-0.05, 0) is 60.7 Å². The molecule has 0 unspecified atom stereocenters. The van der Waals surface area contributed by atoms with Gasteiger partial charge in [-0.25, -0.2) is 0 Å². The fourth-order valence-electron chi connectivity index (χ4n) is 2.24. The molecule has 4 nitrogen and oxygen atoms in total. The van der Waals surface area contributed by atoms with Gasteiger partial charge in [0.1, 0.15) is 17.1 Å². The van der Waals surface area contributed by atoms with Crippen LogP contribution in [0.15, 0.2) is 66.7 Å². The summed E-state index contributed by atoms with van der Waals surface area (Å²) in [4.78, 5) is 0. The predicted octanol–water partition coefficient (Wildman–Crippen LogP) is 5.45. The maximum Gasteiger partial charge on any atom is 0.420 e. The first-order valence-corrected chi connectivity index (χ1v) is 7.60. The van der Waals surface area contributed by atoms with Crippen LogP contribution in [0.4, 0.5) is 24.5 Å². The van der Waals surface area contributed by atoms with Crippen LogP contribution in [-0.2, 0) is 6.18 Å². The van der Waals surface area contributed by atoms with E-state index in [9.17, 15) is 13.2 Å². The molecule has 0 aromatic heterocycles. The second-order valence-corrected chi connectivity index (χ2v) is 5.47. The maximum absolute atomic E-state index is 13.4. The summed E-state index contributed by atoms with van der Waals surface area (Å²) in [6.45, 7) is 0. The molecule has 0 amide bonds. The summed E-state index contributed by atoms with van der Waals surface area (Å²) in [5, 5.41) is 0. The summed E-state index contributed by atoms with van der Waals surface area (Å²) in [7, 11) is 0. The van der Waals surface area contributed by atoms with E-state index in [1.165, 1.54) is 36.4 Å². The summed E-state index contributed by atoms with van der Waals surface area (Å²) in [6.07, 6.45) is -4.61. The molecule has 0 fully saturated rings. The number of nitrogen functional groups attached to an aromatic ring is 2. The Balaban J connectivity index is 2.02. The standard InChI is InChI=1S/C19H15F3N2O2/c20-19(21,22)16-2-1-3-17(25-14-8-4-12(23)5-9-14)18(16)26-15-10-6-13(24)7-11-15/h1-11H,23-24H2. The molecular formula is C19H15F3N2O2. The summed E-state index contributed by atoms with van der Waals surface area (Å²) >= 11 is 0. The van der Waals surface area contributed by atoms with Crippen molar-refractivity contribution in [3.8, 4) is 23.0 Å². The number of anilines is 2. The number of alkyl halides is 3. The molecule has 0 radical (unpaired) electrons. The van der Waals surface area contributed by atoms with E-state index in [4.69, 9.17) is 20.9 Å². The number of halogens is 3. The lowest BCUT2D eigenvalue weighted by Crippen LogP contribution is -2.08. The van der Waals surface area contributed by atoms with Crippen LogP contribution in [0.2, 0.25) is 0 Å². The fraction of sp³-hybridized carbons (Fsp3) is 0.0526. The minimum atomic E-state index is -4.61. The summed E-state index contributed by atoms with van der Waals surface area (Å²) in [5.74, 6) is 0.0433. The zero-order chi connectivity index (χ0) is 18.7. The molecule has 4 N–H and O–H groups in total. The Kier molecular flexibility index (Phi) is 4.62. The molecule has 0 bridgehead atoms. The van der Waals surface area contributed by atoms with Crippen LogP contribution in [-0.4, -0.2) is 0 Å². The van der Waals surface area contributed by atoms with E-state index >= 15 is 0 Å². The normalized spacial score (nSPS) is 11.2. The van der Waals surface area contributed by atoms with Crippen molar-refractivity contribution in [2.45, 2.75) is 6.18 Å². The van der Waals surface area contributed by atoms with Crippen LogP contribution in [0, 0.1) is 0 Å². The van der Waals surface area contributed by atoms with Crippen molar-refractivity contribution in [2.75, 3.05) is 11.5 Å². The lowest BCUT2D eigenvalue weighted by Gasteiger charge is -2.17. The van der Waals surface area contributed by atoms with E-state index in [2.05, 4.69) is 0 Å². The lowest BCUT2D eigenvalue weighted by molar-refractivity contribution is -0.138. The first-order chi connectivity index (χ1) is 12.3. The van der Waals surface area contributed by atoms with E-state index in [0.717, 1.165) is 6.07 Å². The van der Waals surface area contributed by atoms with Gasteiger partial charge in [0.15, 0.2) is 11.5 Å². The Bertz CT molecular complexity index is 892. The maximum atomic E-state index is 13.4. The van der Waals surface area contributed by atoms with Gasteiger partial charge in [-0.3, -0.25) is 0 Å². The molecule has 3 rings (SSSR count). The van der Waals surface area contributed by atoms with Crippen molar-refractivity contribution >= 4 is 11.4 Å². The van der Waals surface area contributed by atoms with Crippen molar-refractivity contribution in [1.29, 1.82) is 0 Å². The summed E-state index contributed by atoms with van der Waals surface area (Å²) in [6, 6.07) is 15.9. The molecule has 0 saturated carbocycles. The van der Waals surface area contributed by atoms with Gasteiger partial charge in [0.05, 0.1) is 0 Å². The van der Waals surface area contributed by atoms with E-state index in [1.54, 1.807) is 24.3 Å². The number of hydrogen-bond donors (Lipinski definition) is 2. The number of rotatable bonds is 4. The van der Waals surface area contributed by atoms with Crippen molar-refractivity contribution in [2.24, 2.45) is 0 Å². The van der Waals surface area contributed by atoms with Crippen LogP contribution in [0.5, 0.6) is 23.0 Å². The third-order valence-electron chi connectivity index (χ3n) is 3.49. The minimum absolute atomic E-state index is 0.0681. The molecule has 3 aromatic carbocycles. The first-order valence-electron chi connectivity index (χ1n) is 7.60. The molecule has 0 aliphatic carbocycles. The molecule has 0 aliphatic heterocycles. The number of para-hydroxylation sites is 1. The van der Waals surface area contributed by atoms with Gasteiger partial charge in [-0.15, -0.1) is 0 Å². The Labute approximate surface area is 147 Å². The van der Waals surface area contributed by atoms with Crippen LogP contribution < -0.4 is 20.9 Å². The number of ether oxygens (including phenoxy) is 2. The SMILES string of the molecule is Nc1ccc(Oc2cccc(C(F)(F)F)c2Oc2ccc(N)cc2)cc1. The molecule has 0 spiro atoms. The van der Waals surface area contributed by atoms with E-state index in [-0.39, 0.29) is 11.5 Å². The Morgan fingerprint density at radius 1 is 0.654 bits per heavy atom. The van der Waals surface area contributed by atoms with Gasteiger partial charge >= 0.3 is 6.18 Å². The van der Waals surface area contributed by atoms with Gasteiger partial charge in [-0.2, -0.15) is 13.2 Å². The highest BCUT2D eigenvalue weighted by atomic mass is 19.4. The molecule has 0 atom stereocenters. The lowest BCUT2D eigenvalue weighted by atomic mass is 10.1. The highest BCUT2D eigenvalue weighted by molar-refractivity contribution is 5.53. The van der Waals surface area contributed by atoms with Crippen molar-refractivity contribution in [3.63, 3.8) is 0 Å². The zero-order valence-electron chi connectivity index (χ0n) is 13.5. The average Bonchev–Trinajstić information content (AvgIpc) is 2.59. The Morgan fingerprint density at radius 3 is 1.65 bits per heavy atom. The topological polar surface area (TPSA) is 70.5 Å². The molecule has 26 heavy (non-hydrogen) atoms. The van der Waals surface area contributed by atoms with E-state index in [0.29, 0.717) is 17.1 Å². The van der Waals surface area contributed by atoms with Gasteiger partial charge in [0.2, 0.25) is 0 Å². The summed E-state index contributed by atoms with van der Waals surface area (Å²) in [5.41, 5.74) is 11.2. The molecule has 134 valence electrons. The van der Waals surface area contributed by atoms with Gasteiger partial charge in [0, 0.05) is 11.4 Å². The van der Waals surface area contributed by atoms with Crippen LogP contribution in [0.25, 0.3) is 0 Å². The monoisotopic (exact) mass is 360 g/mol. The quantitative estimate of drug-likeness (QED) is 0.607. The van der Waals surface area contributed by atoms with Crippen molar-refractivity contribution < 1.29 is 22.6 Å². The smallest absolute Gasteiger partial charge is 0.420 e. The third-order valence-corrected chi connectivity index (χ3v) is 3.49. The van der Waals surface area contributed by atoms with E-state index < -0.39 is 17.5 Å². The molecule has 0 saturated heterocycles. The highest BCUT2D eigenvalue weighted by Gasteiger charge is 2.36. The van der Waals surface area contributed by atoms with Gasteiger partial charge in [0.25, 0.3) is 0 Å². The van der Waals surface area contributed by atoms with Crippen molar-refractivity contribution in [3.05, 3.63) is 72.3 Å². The third kappa shape index (κ3) is 4.00. The number of nitrogens with two attached hydrogens (primary N) is 2. The second-order valence-electron chi connectivity index (χ2n) is 5.47. The Hall–Kier alpha value is -3.35. The fourth-order valence-corrected chi connectivity index (χ4v) is 2.24. The molecule has 3 aromatic rings. The predicted molar refractivity (Wildman–Crippen MR) is 93.3 cm³/mol. The van der Waals surface area contributed by atoms with Gasteiger partial charge < -0.3 is 20.9 Å². The molecule has 0 heterocycles. The van der Waals surface area contributed by atoms with Crippen LogP contribution in [0.1, 0.15) is 5.56 Å². The largest absolute Gasteiger partial charge is 0.453 e.